The average molecular weight is 391 g/mol. The minimum absolute atomic E-state index is 0.115. The van der Waals surface area contributed by atoms with Gasteiger partial charge in [-0.2, -0.15) is 0 Å². The molecule has 2 aliphatic heterocycles. The summed E-state index contributed by atoms with van der Waals surface area (Å²) in [6.45, 7) is 3.24. The molecule has 4 rings (SSSR count). The van der Waals surface area contributed by atoms with Gasteiger partial charge in [-0.1, -0.05) is 29.3 Å². The molecule has 0 saturated carbocycles. The largest absolute Gasteiger partial charge is 0.492 e. The van der Waals surface area contributed by atoms with Crippen molar-refractivity contribution in [1.82, 2.24) is 10.6 Å². The molecule has 1 fully saturated rings. The van der Waals surface area contributed by atoms with Crippen LogP contribution in [0.25, 0.3) is 0 Å². The first-order valence-electron chi connectivity index (χ1n) is 8.78. The lowest BCUT2D eigenvalue weighted by Crippen LogP contribution is -2.41. The van der Waals surface area contributed by atoms with Crippen molar-refractivity contribution in [1.29, 1.82) is 0 Å². The van der Waals surface area contributed by atoms with Gasteiger partial charge >= 0.3 is 0 Å². The number of hydrogen-bond donors (Lipinski definition) is 2. The summed E-state index contributed by atoms with van der Waals surface area (Å²) in [5.74, 6) is 0.809. The van der Waals surface area contributed by atoms with E-state index in [1.54, 1.807) is 18.2 Å². The molecular formula is C20H20Cl2N2O2. The van der Waals surface area contributed by atoms with Gasteiger partial charge in [-0.05, 0) is 61.8 Å². The SMILES string of the molecule is O=C(NCc1ccc2c(c1)C1(CCNCC1)CO2)c1ccc(Cl)c(Cl)c1. The highest BCUT2D eigenvalue weighted by molar-refractivity contribution is 6.42. The Morgan fingerprint density at radius 2 is 1.92 bits per heavy atom. The Bertz CT molecular complexity index is 842. The molecule has 2 N–H and O–H groups in total. The van der Waals surface area contributed by atoms with Crippen LogP contribution in [0.5, 0.6) is 5.75 Å². The minimum Gasteiger partial charge on any atom is -0.492 e. The maximum Gasteiger partial charge on any atom is 0.251 e. The van der Waals surface area contributed by atoms with Crippen molar-refractivity contribution in [3.63, 3.8) is 0 Å². The summed E-state index contributed by atoms with van der Waals surface area (Å²) in [7, 11) is 0. The fourth-order valence-electron chi connectivity index (χ4n) is 3.76. The van der Waals surface area contributed by atoms with Crippen LogP contribution < -0.4 is 15.4 Å². The van der Waals surface area contributed by atoms with Crippen molar-refractivity contribution < 1.29 is 9.53 Å². The number of halogens is 2. The van der Waals surface area contributed by atoms with E-state index < -0.39 is 0 Å². The van der Waals surface area contributed by atoms with Gasteiger partial charge in [0.15, 0.2) is 0 Å². The molecule has 2 aliphatic rings. The second-order valence-corrected chi connectivity index (χ2v) is 7.78. The first-order chi connectivity index (χ1) is 12.6. The number of carbonyl (C=O) groups excluding carboxylic acids is 1. The number of amides is 1. The van der Waals surface area contributed by atoms with Gasteiger partial charge in [0.1, 0.15) is 5.75 Å². The number of hydrogen-bond acceptors (Lipinski definition) is 3. The molecule has 0 unspecified atom stereocenters. The van der Waals surface area contributed by atoms with Gasteiger partial charge in [0.05, 0.1) is 16.7 Å². The number of carbonyl (C=O) groups is 1. The van der Waals surface area contributed by atoms with Crippen molar-refractivity contribution in [3.05, 3.63) is 63.1 Å². The molecule has 0 aromatic heterocycles. The lowest BCUT2D eigenvalue weighted by Gasteiger charge is -2.32. The van der Waals surface area contributed by atoms with Crippen molar-refractivity contribution >= 4 is 29.1 Å². The van der Waals surface area contributed by atoms with Crippen LogP contribution in [0.3, 0.4) is 0 Å². The third-order valence-corrected chi connectivity index (χ3v) is 6.05. The molecular weight excluding hydrogens is 371 g/mol. The molecule has 136 valence electrons. The van der Waals surface area contributed by atoms with Crippen molar-refractivity contribution in [2.45, 2.75) is 24.8 Å². The zero-order valence-corrected chi connectivity index (χ0v) is 15.8. The molecule has 6 heteroatoms. The number of nitrogens with one attached hydrogen (secondary N) is 2. The topological polar surface area (TPSA) is 50.4 Å². The van der Waals surface area contributed by atoms with Crippen molar-refractivity contribution in [2.24, 2.45) is 0 Å². The Labute approximate surface area is 162 Å². The highest BCUT2D eigenvalue weighted by Gasteiger charge is 2.41. The van der Waals surface area contributed by atoms with Gasteiger partial charge in [-0.25, -0.2) is 0 Å². The van der Waals surface area contributed by atoms with E-state index in [9.17, 15) is 4.79 Å². The summed E-state index contributed by atoms with van der Waals surface area (Å²) in [5.41, 5.74) is 2.96. The Hall–Kier alpha value is -1.75. The van der Waals surface area contributed by atoms with Crippen molar-refractivity contribution in [3.8, 4) is 5.75 Å². The number of fused-ring (bicyclic) bond motifs is 2. The van der Waals surface area contributed by atoms with Crippen LogP contribution in [0, 0.1) is 0 Å². The van der Waals surface area contributed by atoms with E-state index in [0.717, 1.165) is 43.9 Å². The third-order valence-electron chi connectivity index (χ3n) is 5.31. The van der Waals surface area contributed by atoms with Gasteiger partial charge in [-0.15, -0.1) is 0 Å². The molecule has 0 bridgehead atoms. The van der Waals surface area contributed by atoms with Crippen LogP contribution in [0.4, 0.5) is 0 Å². The Morgan fingerprint density at radius 3 is 2.69 bits per heavy atom. The summed E-state index contributed by atoms with van der Waals surface area (Å²) < 4.78 is 5.92. The Kier molecular flexibility index (Phi) is 4.82. The first kappa shape index (κ1) is 17.7. The molecule has 2 aromatic rings. The fraction of sp³-hybridized carbons (Fsp3) is 0.350. The van der Waals surface area contributed by atoms with E-state index in [4.69, 9.17) is 27.9 Å². The predicted octanol–water partition coefficient (Wildman–Crippen LogP) is 3.94. The molecule has 2 aromatic carbocycles. The number of benzene rings is 2. The predicted molar refractivity (Wildman–Crippen MR) is 103 cm³/mol. The van der Waals surface area contributed by atoms with Crippen LogP contribution in [-0.2, 0) is 12.0 Å². The molecule has 2 heterocycles. The molecule has 1 spiro atoms. The number of ether oxygens (including phenoxy) is 1. The van der Waals surface area contributed by atoms with Crippen LogP contribution in [0.15, 0.2) is 36.4 Å². The number of piperidine rings is 1. The van der Waals surface area contributed by atoms with Crippen LogP contribution in [0.2, 0.25) is 10.0 Å². The lowest BCUT2D eigenvalue weighted by molar-refractivity contribution is 0.0951. The summed E-state index contributed by atoms with van der Waals surface area (Å²) in [5, 5.41) is 7.18. The smallest absolute Gasteiger partial charge is 0.251 e. The quantitative estimate of drug-likeness (QED) is 0.834. The highest BCUT2D eigenvalue weighted by Crippen LogP contribution is 2.44. The van der Waals surface area contributed by atoms with Crippen LogP contribution in [-0.4, -0.2) is 25.6 Å². The second kappa shape index (κ2) is 7.10. The monoisotopic (exact) mass is 390 g/mol. The molecule has 1 amide bonds. The summed E-state index contributed by atoms with van der Waals surface area (Å²) in [4.78, 5) is 12.4. The summed E-state index contributed by atoms with van der Waals surface area (Å²) in [6, 6.07) is 11.1. The normalized spacial score (nSPS) is 17.6. The third kappa shape index (κ3) is 3.29. The molecule has 1 saturated heterocycles. The van der Waals surface area contributed by atoms with E-state index in [1.807, 2.05) is 12.1 Å². The zero-order chi connectivity index (χ0) is 18.1. The number of rotatable bonds is 3. The van der Waals surface area contributed by atoms with Crippen LogP contribution >= 0.6 is 23.2 Å². The zero-order valence-electron chi connectivity index (χ0n) is 14.3. The fourth-order valence-corrected chi connectivity index (χ4v) is 4.06. The average Bonchev–Trinajstić information content (AvgIpc) is 3.00. The molecule has 4 nitrogen and oxygen atoms in total. The van der Waals surface area contributed by atoms with E-state index in [0.29, 0.717) is 22.2 Å². The van der Waals surface area contributed by atoms with E-state index in [1.165, 1.54) is 5.56 Å². The summed E-state index contributed by atoms with van der Waals surface area (Å²) in [6.07, 6.45) is 2.16. The maximum absolute atomic E-state index is 12.4. The maximum atomic E-state index is 12.4. The standard InChI is InChI=1S/C20H20Cl2N2O2/c21-16-3-2-14(10-17(16)22)19(25)24-11-13-1-4-18-15(9-13)20(12-26-18)5-7-23-8-6-20/h1-4,9-10,23H,5-8,11-12H2,(H,24,25). The van der Waals surface area contributed by atoms with Gasteiger partial charge in [-0.3, -0.25) is 4.79 Å². The Balaban J connectivity index is 1.48. The first-order valence-corrected chi connectivity index (χ1v) is 9.53. The minimum atomic E-state index is -0.170. The molecule has 0 radical (unpaired) electrons. The lowest BCUT2D eigenvalue weighted by atomic mass is 9.74. The molecule has 0 atom stereocenters. The highest BCUT2D eigenvalue weighted by atomic mass is 35.5. The van der Waals surface area contributed by atoms with E-state index >= 15 is 0 Å². The van der Waals surface area contributed by atoms with Gasteiger partial charge in [0, 0.05) is 23.1 Å². The van der Waals surface area contributed by atoms with E-state index in [2.05, 4.69) is 16.7 Å². The van der Waals surface area contributed by atoms with E-state index in [-0.39, 0.29) is 11.3 Å². The molecule has 0 aliphatic carbocycles. The van der Waals surface area contributed by atoms with Gasteiger partial charge in [0.2, 0.25) is 0 Å². The van der Waals surface area contributed by atoms with Gasteiger partial charge in [0.25, 0.3) is 5.91 Å². The van der Waals surface area contributed by atoms with Crippen molar-refractivity contribution in [2.75, 3.05) is 19.7 Å². The van der Waals surface area contributed by atoms with Crippen LogP contribution in [0.1, 0.15) is 34.3 Å². The van der Waals surface area contributed by atoms with Gasteiger partial charge < -0.3 is 15.4 Å². The Morgan fingerprint density at radius 1 is 1.12 bits per heavy atom. The molecule has 26 heavy (non-hydrogen) atoms. The summed E-state index contributed by atoms with van der Waals surface area (Å²) >= 11 is 11.9. The second-order valence-electron chi connectivity index (χ2n) is 6.96.